The molecular weight excluding hydrogens is 316 g/mol. The quantitative estimate of drug-likeness (QED) is 0.788. The van der Waals surface area contributed by atoms with Gasteiger partial charge < -0.3 is 19.3 Å². The van der Waals surface area contributed by atoms with Crippen molar-refractivity contribution in [2.45, 2.75) is 25.9 Å². The number of para-hydroxylation sites is 1. The molecule has 132 valence electrons. The lowest BCUT2D eigenvalue weighted by atomic mass is 10.1. The first-order valence-electron chi connectivity index (χ1n) is 8.57. The number of aliphatic hydroxyl groups is 1. The second-order valence-electron chi connectivity index (χ2n) is 6.33. The second-order valence-corrected chi connectivity index (χ2v) is 6.33. The van der Waals surface area contributed by atoms with Crippen LogP contribution in [0.5, 0.6) is 0 Å². The average Bonchev–Trinajstić information content (AvgIpc) is 3.19. The smallest absolute Gasteiger partial charge is 0.257 e. The molecule has 1 aromatic carbocycles. The largest absolute Gasteiger partial charge is 0.467 e. The maximum atomic E-state index is 12.8. The number of hydrogen-bond acceptors (Lipinski definition) is 4. The van der Waals surface area contributed by atoms with Gasteiger partial charge >= 0.3 is 0 Å². The van der Waals surface area contributed by atoms with Crippen LogP contribution in [0.4, 0.5) is 5.69 Å². The molecule has 1 aliphatic rings. The molecule has 25 heavy (non-hydrogen) atoms. The Bertz CT molecular complexity index is 753. The Morgan fingerprint density at radius 2 is 2.24 bits per heavy atom. The molecule has 0 radical (unpaired) electrons. The van der Waals surface area contributed by atoms with Gasteiger partial charge in [-0.05, 0) is 31.0 Å². The third kappa shape index (κ3) is 3.46. The van der Waals surface area contributed by atoms with Crippen molar-refractivity contribution in [3.63, 3.8) is 0 Å². The van der Waals surface area contributed by atoms with Gasteiger partial charge in [0.15, 0.2) is 0 Å². The van der Waals surface area contributed by atoms with Gasteiger partial charge in [0.2, 0.25) is 0 Å². The van der Waals surface area contributed by atoms with E-state index in [1.54, 1.807) is 23.3 Å². The highest BCUT2D eigenvalue weighted by molar-refractivity contribution is 5.95. The summed E-state index contributed by atoms with van der Waals surface area (Å²) in [5, 5.41) is 9.19. The first-order valence-corrected chi connectivity index (χ1v) is 8.57. The minimum atomic E-state index is -0.141. The van der Waals surface area contributed by atoms with Gasteiger partial charge in [-0.1, -0.05) is 24.3 Å². The number of amides is 1. The summed E-state index contributed by atoms with van der Waals surface area (Å²) >= 11 is 0. The van der Waals surface area contributed by atoms with E-state index in [1.807, 2.05) is 6.07 Å². The molecule has 3 rings (SSSR count). The molecule has 0 spiro atoms. The lowest BCUT2D eigenvalue weighted by Crippen LogP contribution is -2.35. The van der Waals surface area contributed by atoms with Crippen LogP contribution in [0.25, 0.3) is 0 Å². The Morgan fingerprint density at radius 1 is 1.44 bits per heavy atom. The lowest BCUT2D eigenvalue weighted by molar-refractivity contribution is 0.0740. The molecule has 0 saturated heterocycles. The second kappa shape index (κ2) is 7.57. The predicted octanol–water partition coefficient (Wildman–Crippen LogP) is 2.85. The summed E-state index contributed by atoms with van der Waals surface area (Å²) in [7, 11) is 0. The number of hydrogen-bond donors (Lipinski definition) is 1. The van der Waals surface area contributed by atoms with Gasteiger partial charge in [0.05, 0.1) is 25.0 Å². The number of fused-ring (bicyclic) bond motifs is 1. The van der Waals surface area contributed by atoms with Crippen molar-refractivity contribution in [3.05, 3.63) is 66.1 Å². The SMILES string of the molecule is C=CCN(CCO)C(=O)c1ccoc1CN1c2ccccc2CC1C. The van der Waals surface area contributed by atoms with Crippen molar-refractivity contribution in [2.75, 3.05) is 24.6 Å². The molecule has 1 aliphatic heterocycles. The van der Waals surface area contributed by atoms with Gasteiger partial charge in [-0.2, -0.15) is 0 Å². The number of rotatable bonds is 7. The summed E-state index contributed by atoms with van der Waals surface area (Å²) in [5.74, 6) is 0.512. The standard InChI is InChI=1S/C20H24N2O3/c1-3-9-21(10-11-23)20(24)17-8-12-25-19(17)14-22-15(2)13-16-6-4-5-7-18(16)22/h3-8,12,15,23H,1,9-11,13-14H2,2H3. The van der Waals surface area contributed by atoms with Gasteiger partial charge in [-0.15, -0.1) is 6.58 Å². The Labute approximate surface area is 148 Å². The molecule has 1 amide bonds. The third-order valence-corrected chi connectivity index (χ3v) is 4.64. The van der Waals surface area contributed by atoms with E-state index < -0.39 is 0 Å². The van der Waals surface area contributed by atoms with Crippen molar-refractivity contribution in [2.24, 2.45) is 0 Å². The average molecular weight is 340 g/mol. The van der Waals surface area contributed by atoms with E-state index in [1.165, 1.54) is 11.3 Å². The van der Waals surface area contributed by atoms with Crippen molar-refractivity contribution in [1.82, 2.24) is 4.90 Å². The van der Waals surface area contributed by atoms with Crippen molar-refractivity contribution < 1.29 is 14.3 Å². The monoisotopic (exact) mass is 340 g/mol. The topological polar surface area (TPSA) is 56.9 Å². The molecule has 1 unspecified atom stereocenters. The zero-order valence-corrected chi connectivity index (χ0v) is 14.5. The van der Waals surface area contributed by atoms with E-state index in [0.717, 1.165) is 6.42 Å². The zero-order chi connectivity index (χ0) is 17.8. The molecule has 5 heteroatoms. The molecule has 2 aromatic rings. The highest BCUT2D eigenvalue weighted by Gasteiger charge is 2.28. The fraction of sp³-hybridized carbons (Fsp3) is 0.350. The number of furan rings is 1. The first kappa shape index (κ1) is 17.3. The van der Waals surface area contributed by atoms with Crippen molar-refractivity contribution >= 4 is 11.6 Å². The maximum Gasteiger partial charge on any atom is 0.257 e. The molecule has 1 atom stereocenters. The van der Waals surface area contributed by atoms with Crippen LogP contribution in [0.2, 0.25) is 0 Å². The van der Waals surface area contributed by atoms with Gasteiger partial charge in [-0.3, -0.25) is 4.79 Å². The van der Waals surface area contributed by atoms with Crippen LogP contribution in [0, 0.1) is 0 Å². The van der Waals surface area contributed by atoms with Gasteiger partial charge in [-0.25, -0.2) is 0 Å². The molecule has 5 nitrogen and oxygen atoms in total. The maximum absolute atomic E-state index is 12.8. The van der Waals surface area contributed by atoms with E-state index >= 15 is 0 Å². The van der Waals surface area contributed by atoms with Gasteiger partial charge in [0.25, 0.3) is 5.91 Å². The summed E-state index contributed by atoms with van der Waals surface area (Å²) in [4.78, 5) is 16.6. The molecule has 1 aromatic heterocycles. The minimum Gasteiger partial charge on any atom is -0.467 e. The molecule has 1 N–H and O–H groups in total. The third-order valence-electron chi connectivity index (χ3n) is 4.64. The Morgan fingerprint density at radius 3 is 3.00 bits per heavy atom. The van der Waals surface area contributed by atoms with E-state index in [-0.39, 0.29) is 19.1 Å². The Balaban J connectivity index is 1.82. The molecule has 0 fully saturated rings. The highest BCUT2D eigenvalue weighted by Crippen LogP contribution is 2.33. The molecule has 0 aliphatic carbocycles. The summed E-state index contributed by atoms with van der Waals surface area (Å²) in [6.45, 7) is 7.00. The van der Waals surface area contributed by atoms with Crippen LogP contribution in [0.15, 0.2) is 53.7 Å². The number of nitrogens with zero attached hydrogens (tertiary/aromatic N) is 2. The number of carbonyl (C=O) groups is 1. The number of anilines is 1. The Kier molecular flexibility index (Phi) is 5.24. The van der Waals surface area contributed by atoms with Crippen LogP contribution in [0.3, 0.4) is 0 Å². The van der Waals surface area contributed by atoms with Crippen LogP contribution in [-0.4, -0.2) is 41.7 Å². The van der Waals surface area contributed by atoms with Crippen LogP contribution in [0.1, 0.15) is 28.6 Å². The normalized spacial score (nSPS) is 15.9. The van der Waals surface area contributed by atoms with Crippen LogP contribution in [-0.2, 0) is 13.0 Å². The summed E-state index contributed by atoms with van der Waals surface area (Å²) in [6.07, 6.45) is 4.21. The fourth-order valence-electron chi connectivity index (χ4n) is 3.40. The van der Waals surface area contributed by atoms with E-state index in [9.17, 15) is 9.90 Å². The Hall–Kier alpha value is -2.53. The molecule has 0 bridgehead atoms. The fourth-order valence-corrected chi connectivity index (χ4v) is 3.40. The number of carbonyl (C=O) groups excluding carboxylic acids is 1. The predicted molar refractivity (Wildman–Crippen MR) is 97.7 cm³/mol. The zero-order valence-electron chi connectivity index (χ0n) is 14.5. The number of benzene rings is 1. The molecule has 2 heterocycles. The van der Waals surface area contributed by atoms with Gasteiger partial charge in [0, 0.05) is 24.8 Å². The first-order chi connectivity index (χ1) is 12.2. The van der Waals surface area contributed by atoms with E-state index in [2.05, 4.69) is 36.6 Å². The summed E-state index contributed by atoms with van der Waals surface area (Å²) < 4.78 is 5.64. The minimum absolute atomic E-state index is 0.0801. The summed E-state index contributed by atoms with van der Waals surface area (Å²) in [5.41, 5.74) is 3.07. The number of aliphatic hydroxyl groups excluding tert-OH is 1. The van der Waals surface area contributed by atoms with Crippen LogP contribution >= 0.6 is 0 Å². The van der Waals surface area contributed by atoms with Crippen LogP contribution < -0.4 is 4.90 Å². The van der Waals surface area contributed by atoms with E-state index in [4.69, 9.17) is 4.42 Å². The molecular formula is C20H24N2O3. The lowest BCUT2D eigenvalue weighted by Gasteiger charge is -2.25. The van der Waals surface area contributed by atoms with Gasteiger partial charge in [0.1, 0.15) is 5.76 Å². The summed E-state index contributed by atoms with van der Waals surface area (Å²) in [6, 6.07) is 10.4. The van der Waals surface area contributed by atoms with Crippen molar-refractivity contribution in [3.8, 4) is 0 Å². The van der Waals surface area contributed by atoms with Crippen molar-refractivity contribution in [1.29, 1.82) is 0 Å². The van der Waals surface area contributed by atoms with E-state index in [0.29, 0.717) is 30.5 Å². The molecule has 0 saturated carbocycles. The highest BCUT2D eigenvalue weighted by atomic mass is 16.3.